The van der Waals surface area contributed by atoms with Crippen LogP contribution in [0.3, 0.4) is 0 Å². The molecule has 0 radical (unpaired) electrons. The lowest BCUT2D eigenvalue weighted by Gasteiger charge is -2.15. The molecular formula is C15H16N2O5. The van der Waals surface area contributed by atoms with Crippen molar-refractivity contribution < 1.29 is 19.4 Å². The molecule has 0 unspecified atom stereocenters. The van der Waals surface area contributed by atoms with E-state index in [9.17, 15) is 9.59 Å². The summed E-state index contributed by atoms with van der Waals surface area (Å²) in [6.45, 7) is 0.175. The van der Waals surface area contributed by atoms with Crippen LogP contribution in [0.25, 0.3) is 0 Å². The number of nitrogens with one attached hydrogen (secondary N) is 1. The maximum atomic E-state index is 11.5. The fraction of sp³-hybridized carbons (Fsp3) is 0.333. The summed E-state index contributed by atoms with van der Waals surface area (Å²) in [5.74, 6) is 0.131. The first-order chi connectivity index (χ1) is 10.5. The summed E-state index contributed by atoms with van der Waals surface area (Å²) in [4.78, 5) is 22.7. The molecule has 0 aliphatic carbocycles. The van der Waals surface area contributed by atoms with E-state index in [1.165, 1.54) is 10.7 Å². The molecule has 1 aliphatic rings. The summed E-state index contributed by atoms with van der Waals surface area (Å²) in [5.41, 5.74) is 1.41. The van der Waals surface area contributed by atoms with Gasteiger partial charge in [0.25, 0.3) is 5.56 Å². The number of aromatic amines is 1. The van der Waals surface area contributed by atoms with Crippen LogP contribution >= 0.6 is 0 Å². The van der Waals surface area contributed by atoms with Crippen molar-refractivity contribution in [1.29, 1.82) is 0 Å². The van der Waals surface area contributed by atoms with Gasteiger partial charge in [-0.1, -0.05) is 6.07 Å². The molecule has 0 spiro atoms. The van der Waals surface area contributed by atoms with Crippen molar-refractivity contribution in [1.82, 2.24) is 9.78 Å². The van der Waals surface area contributed by atoms with Crippen LogP contribution in [0.1, 0.15) is 23.6 Å². The van der Waals surface area contributed by atoms with Crippen LogP contribution in [0.2, 0.25) is 0 Å². The van der Waals surface area contributed by atoms with E-state index in [0.29, 0.717) is 23.6 Å². The van der Waals surface area contributed by atoms with Crippen LogP contribution in [-0.2, 0) is 18.3 Å². The van der Waals surface area contributed by atoms with Gasteiger partial charge in [-0.15, -0.1) is 0 Å². The molecule has 1 atom stereocenters. The highest BCUT2D eigenvalue weighted by atomic mass is 16.7. The largest absolute Gasteiger partial charge is 0.481 e. The number of rotatable bonds is 5. The highest BCUT2D eigenvalue weighted by Gasteiger charge is 2.21. The smallest absolute Gasteiger partial charge is 0.303 e. The minimum atomic E-state index is -0.888. The Morgan fingerprint density at radius 3 is 2.82 bits per heavy atom. The number of benzene rings is 1. The number of carboxylic acids is 1. The molecule has 0 amide bonds. The molecular weight excluding hydrogens is 288 g/mol. The summed E-state index contributed by atoms with van der Waals surface area (Å²) in [7, 11) is 1.62. The molecule has 22 heavy (non-hydrogen) atoms. The van der Waals surface area contributed by atoms with E-state index in [1.807, 2.05) is 6.07 Å². The number of hydrogen-bond donors (Lipinski definition) is 2. The summed E-state index contributed by atoms with van der Waals surface area (Å²) < 4.78 is 12.0. The molecule has 0 bridgehead atoms. The van der Waals surface area contributed by atoms with Crippen molar-refractivity contribution in [3.63, 3.8) is 0 Å². The average Bonchev–Trinajstić information content (AvgIpc) is 3.04. The van der Waals surface area contributed by atoms with Crippen LogP contribution in [0.5, 0.6) is 11.5 Å². The van der Waals surface area contributed by atoms with E-state index in [1.54, 1.807) is 19.2 Å². The molecule has 0 saturated carbocycles. The predicted molar refractivity (Wildman–Crippen MR) is 77.3 cm³/mol. The molecule has 0 saturated heterocycles. The topological polar surface area (TPSA) is 93.6 Å². The summed E-state index contributed by atoms with van der Waals surface area (Å²) in [6, 6.07) is 6.90. The predicted octanol–water partition coefficient (Wildman–Crippen LogP) is 1.24. The summed E-state index contributed by atoms with van der Waals surface area (Å²) in [6.07, 6.45) is 0.401. The Bertz CT molecular complexity index is 762. The van der Waals surface area contributed by atoms with Gasteiger partial charge in [-0.05, 0) is 30.0 Å². The second-order valence-corrected chi connectivity index (χ2v) is 5.29. The zero-order chi connectivity index (χ0) is 15.7. The van der Waals surface area contributed by atoms with Crippen LogP contribution in [0, 0.1) is 0 Å². The van der Waals surface area contributed by atoms with Crippen LogP contribution in [0.15, 0.2) is 29.1 Å². The summed E-state index contributed by atoms with van der Waals surface area (Å²) in [5, 5.41) is 12.1. The first-order valence-electron chi connectivity index (χ1n) is 6.89. The SMILES string of the molecule is Cn1[nH]c(C[C@@H](CC(=O)O)c2ccc3c(c2)OCO3)cc1=O. The van der Waals surface area contributed by atoms with Crippen molar-refractivity contribution in [2.75, 3.05) is 6.79 Å². The van der Waals surface area contributed by atoms with Gasteiger partial charge in [0, 0.05) is 18.8 Å². The number of H-pyrrole nitrogens is 1. The number of hydrogen-bond acceptors (Lipinski definition) is 4. The number of carbonyl (C=O) groups is 1. The average molecular weight is 304 g/mol. The van der Waals surface area contributed by atoms with Crippen molar-refractivity contribution in [3.05, 3.63) is 45.9 Å². The Morgan fingerprint density at radius 2 is 2.14 bits per heavy atom. The number of aryl methyl sites for hydroxylation is 1. The zero-order valence-corrected chi connectivity index (χ0v) is 12.0. The molecule has 3 rings (SSSR count). The van der Waals surface area contributed by atoms with Gasteiger partial charge in [-0.25, -0.2) is 0 Å². The normalized spacial score (nSPS) is 14.0. The van der Waals surface area contributed by atoms with E-state index in [0.717, 1.165) is 5.56 Å². The van der Waals surface area contributed by atoms with E-state index in [2.05, 4.69) is 5.10 Å². The van der Waals surface area contributed by atoms with Gasteiger partial charge in [-0.3, -0.25) is 19.4 Å². The van der Waals surface area contributed by atoms with E-state index >= 15 is 0 Å². The Kier molecular flexibility index (Phi) is 3.62. The number of nitrogens with zero attached hydrogens (tertiary/aromatic N) is 1. The fourth-order valence-corrected chi connectivity index (χ4v) is 2.60. The number of ether oxygens (including phenoxy) is 2. The lowest BCUT2D eigenvalue weighted by atomic mass is 9.91. The molecule has 7 nitrogen and oxygen atoms in total. The van der Waals surface area contributed by atoms with Crippen LogP contribution in [0.4, 0.5) is 0 Å². The van der Waals surface area contributed by atoms with Gasteiger partial charge in [-0.2, -0.15) is 0 Å². The van der Waals surface area contributed by atoms with Gasteiger partial charge in [0.2, 0.25) is 6.79 Å². The van der Waals surface area contributed by atoms with Gasteiger partial charge < -0.3 is 14.6 Å². The molecule has 116 valence electrons. The zero-order valence-electron chi connectivity index (χ0n) is 12.0. The minimum Gasteiger partial charge on any atom is -0.481 e. The van der Waals surface area contributed by atoms with E-state index < -0.39 is 5.97 Å². The molecule has 2 heterocycles. The van der Waals surface area contributed by atoms with Gasteiger partial charge in [0.15, 0.2) is 11.5 Å². The van der Waals surface area contributed by atoms with E-state index in [-0.39, 0.29) is 24.7 Å². The van der Waals surface area contributed by atoms with Crippen LogP contribution in [-0.4, -0.2) is 27.6 Å². The second-order valence-electron chi connectivity index (χ2n) is 5.29. The molecule has 2 aromatic rings. The quantitative estimate of drug-likeness (QED) is 0.867. The van der Waals surface area contributed by atoms with Crippen molar-refractivity contribution in [3.8, 4) is 11.5 Å². The van der Waals surface area contributed by atoms with Crippen molar-refractivity contribution >= 4 is 5.97 Å². The summed E-state index contributed by atoms with van der Waals surface area (Å²) >= 11 is 0. The third-order valence-electron chi connectivity index (χ3n) is 3.69. The number of aliphatic carboxylic acids is 1. The van der Waals surface area contributed by atoms with E-state index in [4.69, 9.17) is 14.6 Å². The van der Waals surface area contributed by atoms with Gasteiger partial charge >= 0.3 is 5.97 Å². The molecule has 1 aromatic carbocycles. The van der Waals surface area contributed by atoms with Gasteiger partial charge in [0.05, 0.1) is 6.42 Å². The molecule has 1 aliphatic heterocycles. The van der Waals surface area contributed by atoms with Crippen molar-refractivity contribution in [2.45, 2.75) is 18.8 Å². The van der Waals surface area contributed by atoms with Crippen molar-refractivity contribution in [2.24, 2.45) is 7.05 Å². The first-order valence-corrected chi connectivity index (χ1v) is 6.89. The molecule has 0 fully saturated rings. The maximum absolute atomic E-state index is 11.5. The number of fused-ring (bicyclic) bond motifs is 1. The molecule has 1 aromatic heterocycles. The maximum Gasteiger partial charge on any atom is 0.303 e. The second kappa shape index (κ2) is 5.59. The Morgan fingerprint density at radius 1 is 1.36 bits per heavy atom. The molecule has 2 N–H and O–H groups in total. The van der Waals surface area contributed by atoms with Crippen LogP contribution < -0.4 is 15.0 Å². The highest BCUT2D eigenvalue weighted by molar-refractivity contribution is 5.68. The fourth-order valence-electron chi connectivity index (χ4n) is 2.60. The third kappa shape index (κ3) is 2.83. The Balaban J connectivity index is 1.88. The van der Waals surface area contributed by atoms with Gasteiger partial charge in [0.1, 0.15) is 0 Å². The monoisotopic (exact) mass is 304 g/mol. The molecule has 7 heteroatoms. The highest BCUT2D eigenvalue weighted by Crippen LogP contribution is 2.36. The standard InChI is InChI=1S/C15H16N2O5/c1-17-14(18)7-11(16-17)4-10(6-15(19)20)9-2-3-12-13(5-9)22-8-21-12/h2-3,5,7,10,16H,4,6,8H2,1H3,(H,19,20)/t10-/m0/s1. The lowest BCUT2D eigenvalue weighted by molar-refractivity contribution is -0.137. The first kappa shape index (κ1) is 14.2. The number of aromatic nitrogens is 2. The lowest BCUT2D eigenvalue weighted by Crippen LogP contribution is -2.10. The number of carboxylic acid groups (broad SMARTS) is 1. The Hall–Kier alpha value is -2.70. The minimum absolute atomic E-state index is 0.0312. The Labute approximate surface area is 126 Å². The third-order valence-corrected chi connectivity index (χ3v) is 3.69.